The Kier molecular flexibility index (Phi) is 6.44. The number of aryl methyl sites for hydroxylation is 1. The van der Waals surface area contributed by atoms with Crippen LogP contribution in [-0.2, 0) is 11.3 Å². The van der Waals surface area contributed by atoms with Crippen LogP contribution >= 0.6 is 23.2 Å². The number of aromatic nitrogens is 1. The molecule has 8 heteroatoms. The van der Waals surface area contributed by atoms with E-state index in [1.54, 1.807) is 6.07 Å². The van der Waals surface area contributed by atoms with Crippen LogP contribution in [0, 0.1) is 13.8 Å². The zero-order valence-electron chi connectivity index (χ0n) is 17.6. The van der Waals surface area contributed by atoms with Crippen LogP contribution in [0.25, 0.3) is 0 Å². The Labute approximate surface area is 195 Å². The smallest absolute Gasteiger partial charge is 0.338 e. The fraction of sp³-hybridized carbons (Fsp3) is 0.250. The van der Waals surface area contributed by atoms with Crippen molar-refractivity contribution in [3.8, 4) is 11.5 Å². The topological polar surface area (TPSA) is 66.8 Å². The van der Waals surface area contributed by atoms with Gasteiger partial charge in [0.15, 0.2) is 24.2 Å². The lowest BCUT2D eigenvalue weighted by Crippen LogP contribution is -2.33. The van der Waals surface area contributed by atoms with Crippen molar-refractivity contribution in [2.24, 2.45) is 0 Å². The normalized spacial score (nSPS) is 14.8. The molecule has 4 rings (SSSR count). The number of Topliss-reactive ketones (excluding diaryl/α,β-unsaturated/α-hetero) is 1. The molecule has 32 heavy (non-hydrogen) atoms. The predicted octanol–water partition coefficient (Wildman–Crippen LogP) is 5.29. The van der Waals surface area contributed by atoms with Gasteiger partial charge in [0.1, 0.15) is 6.61 Å². The molecular weight excluding hydrogens is 453 g/mol. The van der Waals surface area contributed by atoms with Gasteiger partial charge in [-0.3, -0.25) is 4.79 Å². The van der Waals surface area contributed by atoms with Crippen LogP contribution in [0.4, 0.5) is 0 Å². The van der Waals surface area contributed by atoms with E-state index in [0.717, 1.165) is 17.1 Å². The third kappa shape index (κ3) is 4.61. The summed E-state index contributed by atoms with van der Waals surface area (Å²) in [5.74, 6) is 0.502. The highest BCUT2D eigenvalue weighted by Crippen LogP contribution is 2.31. The average molecular weight is 474 g/mol. The lowest BCUT2D eigenvalue weighted by atomic mass is 10.1. The van der Waals surface area contributed by atoms with Crippen molar-refractivity contribution in [2.45, 2.75) is 26.5 Å². The molecule has 6 nitrogen and oxygen atoms in total. The van der Waals surface area contributed by atoms with Gasteiger partial charge in [0.05, 0.1) is 22.2 Å². The molecule has 0 aliphatic carbocycles. The largest absolute Gasteiger partial charge is 0.486 e. The van der Waals surface area contributed by atoms with Crippen LogP contribution in [0.15, 0.2) is 48.5 Å². The second-order valence-electron chi connectivity index (χ2n) is 7.52. The summed E-state index contributed by atoms with van der Waals surface area (Å²) in [5.41, 5.74) is 2.42. The molecule has 3 aromatic rings. The van der Waals surface area contributed by atoms with Gasteiger partial charge >= 0.3 is 5.97 Å². The molecule has 0 N–H and O–H groups in total. The minimum Gasteiger partial charge on any atom is -0.486 e. The molecular formula is C24H21Cl2NO5. The van der Waals surface area contributed by atoms with Gasteiger partial charge < -0.3 is 18.8 Å². The second kappa shape index (κ2) is 9.27. The summed E-state index contributed by atoms with van der Waals surface area (Å²) in [4.78, 5) is 25.0. The molecule has 0 spiro atoms. The number of para-hydroxylation sites is 2. The van der Waals surface area contributed by atoms with E-state index < -0.39 is 5.97 Å². The van der Waals surface area contributed by atoms with Gasteiger partial charge in [-0.1, -0.05) is 35.3 Å². The maximum Gasteiger partial charge on any atom is 0.338 e. The summed E-state index contributed by atoms with van der Waals surface area (Å²) in [7, 11) is 0. The molecule has 1 aliphatic rings. The van der Waals surface area contributed by atoms with E-state index in [1.165, 1.54) is 18.2 Å². The van der Waals surface area contributed by atoms with Crippen LogP contribution in [0.2, 0.25) is 10.0 Å². The number of rotatable bonds is 6. The van der Waals surface area contributed by atoms with Gasteiger partial charge in [0.25, 0.3) is 0 Å². The number of halogens is 2. The highest BCUT2D eigenvalue weighted by molar-refractivity contribution is 6.42. The fourth-order valence-corrected chi connectivity index (χ4v) is 3.93. The Hall–Kier alpha value is -2.96. The van der Waals surface area contributed by atoms with Crippen molar-refractivity contribution in [1.82, 2.24) is 4.57 Å². The molecule has 0 fully saturated rings. The van der Waals surface area contributed by atoms with Crippen molar-refractivity contribution in [1.29, 1.82) is 0 Å². The van der Waals surface area contributed by atoms with E-state index in [0.29, 0.717) is 29.5 Å². The third-order valence-electron chi connectivity index (χ3n) is 5.32. The van der Waals surface area contributed by atoms with E-state index in [1.807, 2.05) is 42.7 Å². The Morgan fingerprint density at radius 1 is 1.06 bits per heavy atom. The Morgan fingerprint density at radius 2 is 1.81 bits per heavy atom. The van der Waals surface area contributed by atoms with E-state index in [9.17, 15) is 9.59 Å². The second-order valence-corrected chi connectivity index (χ2v) is 8.34. The zero-order valence-corrected chi connectivity index (χ0v) is 19.1. The standard InChI is InChI=1S/C24H21Cl2NO5/c1-14-9-18(21(28)13-31-24(29)16-7-8-19(25)20(26)10-16)15(2)27(14)11-17-12-30-22-5-3-4-6-23(22)32-17/h3-10,17H,11-13H2,1-2H3. The quantitative estimate of drug-likeness (QED) is 0.359. The molecule has 0 bridgehead atoms. The number of nitrogens with zero attached hydrogens (tertiary/aromatic N) is 1. The number of ether oxygens (including phenoxy) is 3. The summed E-state index contributed by atoms with van der Waals surface area (Å²) in [6.45, 7) is 4.35. The van der Waals surface area contributed by atoms with E-state index in [4.69, 9.17) is 37.4 Å². The van der Waals surface area contributed by atoms with Crippen molar-refractivity contribution in [2.75, 3.05) is 13.2 Å². The Bertz CT molecular complexity index is 1190. The Morgan fingerprint density at radius 3 is 2.56 bits per heavy atom. The number of esters is 1. The number of carbonyl (C=O) groups excluding carboxylic acids is 2. The first-order valence-corrected chi connectivity index (χ1v) is 10.8. The summed E-state index contributed by atoms with van der Waals surface area (Å²) < 4.78 is 19.0. The molecule has 0 saturated heterocycles. The van der Waals surface area contributed by atoms with Crippen molar-refractivity contribution < 1.29 is 23.8 Å². The van der Waals surface area contributed by atoms with Gasteiger partial charge in [-0.05, 0) is 50.2 Å². The predicted molar refractivity (Wildman–Crippen MR) is 121 cm³/mol. The van der Waals surface area contributed by atoms with Crippen molar-refractivity contribution in [3.05, 3.63) is 81.1 Å². The summed E-state index contributed by atoms with van der Waals surface area (Å²) >= 11 is 11.8. The maximum atomic E-state index is 12.8. The van der Waals surface area contributed by atoms with Crippen LogP contribution in [0.5, 0.6) is 11.5 Å². The minimum atomic E-state index is -0.642. The van der Waals surface area contributed by atoms with Gasteiger partial charge in [0, 0.05) is 17.0 Å². The van der Waals surface area contributed by atoms with Gasteiger partial charge in [-0.2, -0.15) is 0 Å². The molecule has 1 aliphatic heterocycles. The number of carbonyl (C=O) groups is 2. The summed E-state index contributed by atoms with van der Waals surface area (Å²) in [6, 6.07) is 13.7. The van der Waals surface area contributed by atoms with Crippen LogP contribution in [0.3, 0.4) is 0 Å². The average Bonchev–Trinajstić information content (AvgIpc) is 3.07. The number of hydrogen-bond donors (Lipinski definition) is 0. The first-order chi connectivity index (χ1) is 15.3. The van der Waals surface area contributed by atoms with Crippen molar-refractivity contribution >= 4 is 35.0 Å². The number of fused-ring (bicyclic) bond motifs is 1. The van der Waals surface area contributed by atoms with Crippen LogP contribution in [-0.4, -0.2) is 35.6 Å². The van der Waals surface area contributed by atoms with Crippen molar-refractivity contribution in [3.63, 3.8) is 0 Å². The van der Waals surface area contributed by atoms with Gasteiger partial charge in [-0.25, -0.2) is 4.79 Å². The maximum absolute atomic E-state index is 12.8. The molecule has 1 atom stereocenters. The summed E-state index contributed by atoms with van der Waals surface area (Å²) in [6.07, 6.45) is -0.190. The number of benzene rings is 2. The first-order valence-electron chi connectivity index (χ1n) is 10.0. The highest BCUT2D eigenvalue weighted by atomic mass is 35.5. The van der Waals surface area contributed by atoms with E-state index in [2.05, 4.69) is 0 Å². The molecule has 0 amide bonds. The fourth-order valence-electron chi connectivity index (χ4n) is 3.64. The molecule has 1 unspecified atom stereocenters. The molecule has 166 valence electrons. The third-order valence-corrected chi connectivity index (χ3v) is 6.06. The zero-order chi connectivity index (χ0) is 22.8. The minimum absolute atomic E-state index is 0.190. The SMILES string of the molecule is Cc1cc(C(=O)COC(=O)c2ccc(Cl)c(Cl)c2)c(C)n1CC1COc2ccccc2O1. The highest BCUT2D eigenvalue weighted by Gasteiger charge is 2.24. The van der Waals surface area contributed by atoms with Gasteiger partial charge in [-0.15, -0.1) is 0 Å². The lowest BCUT2D eigenvalue weighted by Gasteiger charge is -2.27. The molecule has 0 saturated carbocycles. The monoisotopic (exact) mass is 473 g/mol. The van der Waals surface area contributed by atoms with Crippen LogP contribution < -0.4 is 9.47 Å². The number of ketones is 1. The molecule has 2 aromatic carbocycles. The molecule has 2 heterocycles. The lowest BCUT2D eigenvalue weighted by molar-refractivity contribution is 0.0474. The summed E-state index contributed by atoms with van der Waals surface area (Å²) in [5, 5.41) is 0.579. The first kappa shape index (κ1) is 22.2. The van der Waals surface area contributed by atoms with Gasteiger partial charge in [0.2, 0.25) is 5.78 Å². The van der Waals surface area contributed by atoms with E-state index >= 15 is 0 Å². The number of hydrogen-bond acceptors (Lipinski definition) is 5. The Balaban J connectivity index is 1.41. The molecule has 1 aromatic heterocycles. The van der Waals surface area contributed by atoms with Crippen LogP contribution in [0.1, 0.15) is 32.1 Å². The van der Waals surface area contributed by atoms with E-state index in [-0.39, 0.29) is 29.1 Å². The molecule has 0 radical (unpaired) electrons.